The Morgan fingerprint density at radius 3 is 2.53 bits per heavy atom. The number of methoxy groups -OCH3 is 3. The summed E-state index contributed by atoms with van der Waals surface area (Å²) >= 11 is 0. The van der Waals surface area contributed by atoms with Crippen LogP contribution in [0.5, 0.6) is 28.7 Å². The van der Waals surface area contributed by atoms with Gasteiger partial charge in [-0.05, 0) is 25.1 Å². The lowest BCUT2D eigenvalue weighted by atomic mass is 9.83. The van der Waals surface area contributed by atoms with E-state index in [4.69, 9.17) is 28.4 Å². The lowest BCUT2D eigenvalue weighted by Crippen LogP contribution is -2.37. The zero-order valence-electron chi connectivity index (χ0n) is 18.4. The van der Waals surface area contributed by atoms with Gasteiger partial charge in [0.05, 0.1) is 34.0 Å². The van der Waals surface area contributed by atoms with Crippen molar-refractivity contribution < 1.29 is 38.3 Å². The van der Waals surface area contributed by atoms with Crippen LogP contribution in [0, 0.1) is 0 Å². The molecule has 5 rings (SSSR count). The highest BCUT2D eigenvalue weighted by Gasteiger charge is 2.47. The number of esters is 1. The fraction of sp³-hybridized carbons (Fsp3) is 0.435. The lowest BCUT2D eigenvalue weighted by Gasteiger charge is -2.39. The van der Waals surface area contributed by atoms with E-state index >= 15 is 0 Å². The number of hydrogen-bond acceptors (Lipinski definition) is 9. The molecule has 2 aromatic rings. The number of carbonyl (C=O) groups excluding carboxylic acids is 1. The Bertz CT molecular complexity index is 1100. The number of carbonyl (C=O) groups is 1. The zero-order chi connectivity index (χ0) is 22.6. The van der Waals surface area contributed by atoms with Gasteiger partial charge < -0.3 is 33.5 Å². The molecule has 9 nitrogen and oxygen atoms in total. The van der Waals surface area contributed by atoms with E-state index in [9.17, 15) is 9.90 Å². The van der Waals surface area contributed by atoms with Crippen molar-refractivity contribution in [3.05, 3.63) is 39.9 Å². The summed E-state index contributed by atoms with van der Waals surface area (Å²) in [7, 11) is 6.57. The molecule has 2 unspecified atom stereocenters. The van der Waals surface area contributed by atoms with E-state index in [2.05, 4.69) is 4.90 Å². The smallest absolute Gasteiger partial charge is 0.343 e. The summed E-state index contributed by atoms with van der Waals surface area (Å²) in [6.07, 6.45) is 0.0761. The third-order valence-corrected chi connectivity index (χ3v) is 6.48. The van der Waals surface area contributed by atoms with E-state index in [1.807, 2.05) is 13.1 Å². The Labute approximate surface area is 185 Å². The molecule has 0 aliphatic carbocycles. The number of likely N-dealkylation sites (N-methyl/N-ethyl adjacent to an activating group) is 1. The molecule has 0 fully saturated rings. The third-order valence-electron chi connectivity index (χ3n) is 6.48. The van der Waals surface area contributed by atoms with E-state index in [0.29, 0.717) is 58.4 Å². The first-order valence-electron chi connectivity index (χ1n) is 10.3. The quantitative estimate of drug-likeness (QED) is 0.699. The molecule has 0 saturated heterocycles. The van der Waals surface area contributed by atoms with Gasteiger partial charge in [0.2, 0.25) is 12.5 Å². The fourth-order valence-corrected chi connectivity index (χ4v) is 5.09. The Kier molecular flexibility index (Phi) is 5.02. The predicted molar refractivity (Wildman–Crippen MR) is 112 cm³/mol. The fourth-order valence-electron chi connectivity index (χ4n) is 5.09. The van der Waals surface area contributed by atoms with Crippen molar-refractivity contribution >= 4 is 5.97 Å². The lowest BCUT2D eigenvalue weighted by molar-refractivity contribution is 0.00861. The van der Waals surface area contributed by atoms with Gasteiger partial charge in [-0.1, -0.05) is 6.07 Å². The summed E-state index contributed by atoms with van der Waals surface area (Å²) in [6.45, 7) is 0.561. The average molecular weight is 443 g/mol. The highest BCUT2D eigenvalue weighted by Crippen LogP contribution is 2.56. The van der Waals surface area contributed by atoms with Crippen LogP contribution < -0.4 is 23.7 Å². The molecule has 1 N–H and O–H groups in total. The monoisotopic (exact) mass is 443 g/mol. The molecule has 3 heterocycles. The van der Waals surface area contributed by atoms with E-state index in [-0.39, 0.29) is 19.4 Å². The Balaban J connectivity index is 1.73. The molecular weight excluding hydrogens is 418 g/mol. The summed E-state index contributed by atoms with van der Waals surface area (Å²) in [6, 6.07) is 3.24. The van der Waals surface area contributed by atoms with Crippen molar-refractivity contribution in [3.63, 3.8) is 0 Å². The van der Waals surface area contributed by atoms with Crippen LogP contribution in [0.4, 0.5) is 0 Å². The van der Waals surface area contributed by atoms with Crippen LogP contribution in [-0.4, -0.2) is 57.7 Å². The van der Waals surface area contributed by atoms with Crippen molar-refractivity contribution in [1.29, 1.82) is 0 Å². The van der Waals surface area contributed by atoms with Crippen molar-refractivity contribution in [3.8, 4) is 28.7 Å². The van der Waals surface area contributed by atoms with Crippen LogP contribution in [0.25, 0.3) is 0 Å². The number of nitrogens with zero attached hydrogens (tertiary/aromatic N) is 1. The largest absolute Gasteiger partial charge is 0.493 e. The number of fused-ring (bicyclic) bond motifs is 3. The minimum absolute atomic E-state index is 0.0559. The van der Waals surface area contributed by atoms with E-state index < -0.39 is 12.1 Å². The van der Waals surface area contributed by atoms with Crippen LogP contribution >= 0.6 is 0 Å². The minimum atomic E-state index is -0.609. The van der Waals surface area contributed by atoms with Gasteiger partial charge in [0.1, 0.15) is 11.7 Å². The SMILES string of the molecule is COc1ccc2c(c1OC)C(=O)OC2C1c2c(c(CO)c3c(c2OC)OCO3)CCN1C. The molecule has 9 heteroatoms. The third kappa shape index (κ3) is 2.74. The van der Waals surface area contributed by atoms with Crippen LogP contribution in [0.3, 0.4) is 0 Å². The maximum absolute atomic E-state index is 13.0. The molecule has 0 bridgehead atoms. The molecule has 3 aliphatic rings. The molecule has 0 saturated carbocycles. The molecule has 0 aromatic heterocycles. The normalized spacial score (nSPS) is 21.1. The maximum atomic E-state index is 13.0. The second kappa shape index (κ2) is 7.75. The minimum Gasteiger partial charge on any atom is -0.493 e. The van der Waals surface area contributed by atoms with Gasteiger partial charge in [0.25, 0.3) is 0 Å². The van der Waals surface area contributed by atoms with Gasteiger partial charge in [-0.25, -0.2) is 4.79 Å². The summed E-state index contributed by atoms with van der Waals surface area (Å²) in [5.74, 6) is 1.86. The number of ether oxygens (including phenoxy) is 6. The summed E-state index contributed by atoms with van der Waals surface area (Å²) in [4.78, 5) is 15.1. The molecular formula is C23H25NO8. The van der Waals surface area contributed by atoms with Crippen molar-refractivity contribution in [2.24, 2.45) is 0 Å². The summed E-state index contributed by atoms with van der Waals surface area (Å²) < 4.78 is 33.9. The maximum Gasteiger partial charge on any atom is 0.343 e. The molecule has 170 valence electrons. The topological polar surface area (TPSA) is 95.9 Å². The van der Waals surface area contributed by atoms with Crippen LogP contribution in [0.2, 0.25) is 0 Å². The first-order valence-corrected chi connectivity index (χ1v) is 10.3. The van der Waals surface area contributed by atoms with Gasteiger partial charge in [0, 0.05) is 23.2 Å². The standard InChI is InChI=1S/C23H25NO8/c1-24-8-7-11-13(9-25)19-22(31-10-30-19)21(29-4)15(11)17(24)18-12-5-6-14(27-2)20(28-3)16(12)23(26)32-18/h5-6,17-18,25H,7-10H2,1-4H3. The number of hydrogen-bond donors (Lipinski definition) is 1. The molecule has 0 radical (unpaired) electrons. The van der Waals surface area contributed by atoms with Crippen molar-refractivity contribution in [2.75, 3.05) is 41.7 Å². The van der Waals surface area contributed by atoms with Gasteiger partial charge >= 0.3 is 5.97 Å². The van der Waals surface area contributed by atoms with Gasteiger partial charge in [-0.2, -0.15) is 0 Å². The zero-order valence-corrected chi connectivity index (χ0v) is 18.4. The van der Waals surface area contributed by atoms with Gasteiger partial charge in [0.15, 0.2) is 23.0 Å². The molecule has 0 spiro atoms. The summed E-state index contributed by atoms with van der Waals surface area (Å²) in [5.41, 5.74) is 3.52. The number of rotatable bonds is 5. The second-order valence-electron chi connectivity index (χ2n) is 7.89. The molecule has 3 aliphatic heterocycles. The molecule has 2 aromatic carbocycles. The number of aliphatic hydroxyl groups is 1. The Hall–Kier alpha value is -3.17. The average Bonchev–Trinajstić information content (AvgIpc) is 3.41. The van der Waals surface area contributed by atoms with Crippen molar-refractivity contribution in [2.45, 2.75) is 25.2 Å². The Morgan fingerprint density at radius 2 is 1.84 bits per heavy atom. The highest BCUT2D eigenvalue weighted by molar-refractivity contribution is 5.98. The first kappa shape index (κ1) is 20.7. The van der Waals surface area contributed by atoms with E-state index in [0.717, 1.165) is 11.1 Å². The molecule has 2 atom stereocenters. The Morgan fingerprint density at radius 1 is 1.09 bits per heavy atom. The van der Waals surface area contributed by atoms with E-state index in [1.165, 1.54) is 14.2 Å². The highest BCUT2D eigenvalue weighted by atomic mass is 16.7. The number of benzene rings is 2. The molecule has 0 amide bonds. The van der Waals surface area contributed by atoms with Gasteiger partial charge in [-0.15, -0.1) is 0 Å². The summed E-state index contributed by atoms with van der Waals surface area (Å²) in [5, 5.41) is 10.2. The number of cyclic esters (lactones) is 1. The molecule has 32 heavy (non-hydrogen) atoms. The second-order valence-corrected chi connectivity index (χ2v) is 7.89. The van der Waals surface area contributed by atoms with Gasteiger partial charge in [-0.3, -0.25) is 4.90 Å². The van der Waals surface area contributed by atoms with Crippen molar-refractivity contribution in [1.82, 2.24) is 4.90 Å². The first-order chi connectivity index (χ1) is 15.5. The predicted octanol–water partition coefficient (Wildman–Crippen LogP) is 2.37. The van der Waals surface area contributed by atoms with Crippen LogP contribution in [0.15, 0.2) is 12.1 Å². The number of aliphatic hydroxyl groups excluding tert-OH is 1. The van der Waals surface area contributed by atoms with Crippen LogP contribution in [-0.2, 0) is 17.8 Å². The van der Waals surface area contributed by atoms with E-state index in [1.54, 1.807) is 13.2 Å². The van der Waals surface area contributed by atoms with Crippen LogP contribution in [0.1, 0.15) is 44.8 Å².